The van der Waals surface area contributed by atoms with E-state index in [2.05, 4.69) is 26.7 Å². The van der Waals surface area contributed by atoms with Gasteiger partial charge in [0.1, 0.15) is 10.7 Å². The Morgan fingerprint density at radius 1 is 1.24 bits per heavy atom. The molecule has 6 heteroatoms. The monoisotopic (exact) mass is 312 g/mol. The van der Waals surface area contributed by atoms with Crippen LogP contribution in [0, 0.1) is 0 Å². The van der Waals surface area contributed by atoms with E-state index < -0.39 is 0 Å². The smallest absolute Gasteiger partial charge is 0.166 e. The number of rotatable bonds is 4. The van der Waals surface area contributed by atoms with Crippen LogP contribution in [-0.4, -0.2) is 26.4 Å². The molecule has 0 aromatic carbocycles. The van der Waals surface area contributed by atoms with E-state index in [1.54, 1.807) is 24.2 Å². The molecule has 0 bridgehead atoms. The molecule has 4 nitrogen and oxygen atoms in total. The zero-order valence-electron chi connectivity index (χ0n) is 11.4. The van der Waals surface area contributed by atoms with Crippen LogP contribution < -0.4 is 0 Å². The highest BCUT2D eigenvalue weighted by atomic mass is 32.2. The van der Waals surface area contributed by atoms with E-state index in [-0.39, 0.29) is 0 Å². The lowest BCUT2D eigenvalue weighted by Gasteiger charge is -2.03. The van der Waals surface area contributed by atoms with Crippen molar-refractivity contribution < 1.29 is 0 Å². The van der Waals surface area contributed by atoms with Crippen molar-refractivity contribution in [3.05, 3.63) is 48.9 Å². The number of nitrogens with zero attached hydrogens (tertiary/aromatic N) is 4. The minimum Gasteiger partial charge on any atom is -0.264 e. The predicted molar refractivity (Wildman–Crippen MR) is 88.2 cm³/mol. The molecule has 0 saturated carbocycles. The van der Waals surface area contributed by atoms with Crippen LogP contribution in [0.25, 0.3) is 27.3 Å². The summed E-state index contributed by atoms with van der Waals surface area (Å²) in [6.07, 6.45) is 9.19. The molecule has 0 fully saturated rings. The fourth-order valence-electron chi connectivity index (χ4n) is 1.83. The standard InChI is InChI=1S/C15H12N4S2/c1-3-10-9-17-12(7-13(10)20-2)15-19-18-14(21-15)11-5-4-6-16-8-11/h3-9H,1H2,2H3. The van der Waals surface area contributed by atoms with Gasteiger partial charge in [0.05, 0.1) is 0 Å². The maximum Gasteiger partial charge on any atom is 0.166 e. The second kappa shape index (κ2) is 6.15. The highest BCUT2D eigenvalue weighted by Gasteiger charge is 2.11. The summed E-state index contributed by atoms with van der Waals surface area (Å²) in [5.41, 5.74) is 2.83. The van der Waals surface area contributed by atoms with Gasteiger partial charge in [0.25, 0.3) is 0 Å². The summed E-state index contributed by atoms with van der Waals surface area (Å²) in [5.74, 6) is 0. The van der Waals surface area contributed by atoms with Gasteiger partial charge in [-0.15, -0.1) is 22.0 Å². The van der Waals surface area contributed by atoms with Crippen LogP contribution in [0.2, 0.25) is 0 Å². The zero-order chi connectivity index (χ0) is 14.7. The van der Waals surface area contributed by atoms with E-state index in [1.807, 2.05) is 36.7 Å². The third-order valence-electron chi connectivity index (χ3n) is 2.89. The molecule has 0 aliphatic rings. The van der Waals surface area contributed by atoms with Gasteiger partial charge in [-0.05, 0) is 24.5 Å². The van der Waals surface area contributed by atoms with Crippen molar-refractivity contribution in [2.24, 2.45) is 0 Å². The van der Waals surface area contributed by atoms with Crippen LogP contribution >= 0.6 is 23.1 Å². The predicted octanol–water partition coefficient (Wildman–Crippen LogP) is 4.03. The number of hydrogen-bond acceptors (Lipinski definition) is 6. The summed E-state index contributed by atoms with van der Waals surface area (Å²) in [6, 6.07) is 5.88. The van der Waals surface area contributed by atoms with Gasteiger partial charge in [-0.1, -0.05) is 24.0 Å². The van der Waals surface area contributed by atoms with Crippen molar-refractivity contribution in [1.29, 1.82) is 0 Å². The number of thioether (sulfide) groups is 1. The van der Waals surface area contributed by atoms with Gasteiger partial charge >= 0.3 is 0 Å². The lowest BCUT2D eigenvalue weighted by Crippen LogP contribution is -1.87. The normalized spacial score (nSPS) is 10.5. The molecule has 3 aromatic rings. The van der Waals surface area contributed by atoms with Crippen molar-refractivity contribution in [1.82, 2.24) is 20.2 Å². The van der Waals surface area contributed by atoms with Gasteiger partial charge in [0.15, 0.2) is 5.01 Å². The Balaban J connectivity index is 1.98. The molecule has 0 radical (unpaired) electrons. The van der Waals surface area contributed by atoms with Crippen LogP contribution in [0.1, 0.15) is 5.56 Å². The summed E-state index contributed by atoms with van der Waals surface area (Å²) >= 11 is 3.18. The Hall–Kier alpha value is -2.05. The van der Waals surface area contributed by atoms with Crippen LogP contribution in [0.3, 0.4) is 0 Å². The van der Waals surface area contributed by atoms with Gasteiger partial charge in [-0.2, -0.15) is 0 Å². The van der Waals surface area contributed by atoms with Gasteiger partial charge in [0, 0.05) is 34.6 Å². The first-order valence-corrected chi connectivity index (χ1v) is 8.26. The summed E-state index contributed by atoms with van der Waals surface area (Å²) < 4.78 is 0. The molecule has 0 aliphatic carbocycles. The topological polar surface area (TPSA) is 51.6 Å². The Kier molecular flexibility index (Phi) is 4.08. The minimum atomic E-state index is 0.805. The zero-order valence-corrected chi connectivity index (χ0v) is 13.0. The molecule has 0 aliphatic heterocycles. The molecule has 3 aromatic heterocycles. The van der Waals surface area contributed by atoms with Crippen LogP contribution in [-0.2, 0) is 0 Å². The second-order valence-corrected chi connectivity index (χ2v) is 6.00. The average Bonchev–Trinajstić information content (AvgIpc) is 3.05. The third-order valence-corrected chi connectivity index (χ3v) is 4.68. The SMILES string of the molecule is C=Cc1cnc(-c2nnc(-c3cccnc3)s2)cc1SC. The minimum absolute atomic E-state index is 0.805. The molecule has 0 amide bonds. The Bertz CT molecular complexity index is 768. The van der Waals surface area contributed by atoms with E-state index in [0.717, 1.165) is 31.7 Å². The van der Waals surface area contributed by atoms with Gasteiger partial charge < -0.3 is 0 Å². The quantitative estimate of drug-likeness (QED) is 0.681. The molecule has 3 heterocycles. The van der Waals surface area contributed by atoms with Crippen LogP contribution in [0.5, 0.6) is 0 Å². The number of aromatic nitrogens is 4. The first-order chi connectivity index (χ1) is 10.3. The molecule has 0 unspecified atom stereocenters. The maximum atomic E-state index is 4.44. The van der Waals surface area contributed by atoms with Crippen molar-refractivity contribution in [3.63, 3.8) is 0 Å². The molecule has 3 rings (SSSR count). The van der Waals surface area contributed by atoms with E-state index in [1.165, 1.54) is 11.3 Å². The van der Waals surface area contributed by atoms with E-state index in [4.69, 9.17) is 0 Å². The molecule has 0 N–H and O–H groups in total. The first-order valence-electron chi connectivity index (χ1n) is 6.22. The summed E-state index contributed by atoms with van der Waals surface area (Å²) in [4.78, 5) is 9.68. The van der Waals surface area contributed by atoms with Crippen LogP contribution in [0.15, 0.2) is 48.3 Å². The number of hydrogen-bond donors (Lipinski definition) is 0. The lowest BCUT2D eigenvalue weighted by atomic mass is 10.2. The summed E-state index contributed by atoms with van der Waals surface area (Å²) in [7, 11) is 0. The van der Waals surface area contributed by atoms with Gasteiger partial charge in [-0.3, -0.25) is 9.97 Å². The van der Waals surface area contributed by atoms with Crippen molar-refractivity contribution in [3.8, 4) is 21.3 Å². The van der Waals surface area contributed by atoms with E-state index >= 15 is 0 Å². The van der Waals surface area contributed by atoms with Crippen molar-refractivity contribution in [2.75, 3.05) is 6.26 Å². The molecule has 21 heavy (non-hydrogen) atoms. The second-order valence-electron chi connectivity index (χ2n) is 4.17. The highest BCUT2D eigenvalue weighted by molar-refractivity contribution is 7.98. The summed E-state index contributed by atoms with van der Waals surface area (Å²) in [5, 5.41) is 10.1. The largest absolute Gasteiger partial charge is 0.264 e. The molecular formula is C15H12N4S2. The summed E-state index contributed by atoms with van der Waals surface area (Å²) in [6.45, 7) is 3.80. The maximum absolute atomic E-state index is 4.44. The lowest BCUT2D eigenvalue weighted by molar-refractivity contribution is 1.08. The molecule has 0 saturated heterocycles. The Morgan fingerprint density at radius 3 is 2.81 bits per heavy atom. The van der Waals surface area contributed by atoms with E-state index in [9.17, 15) is 0 Å². The third kappa shape index (κ3) is 2.86. The first kappa shape index (κ1) is 13.9. The number of pyridine rings is 2. The fourth-order valence-corrected chi connectivity index (χ4v) is 3.23. The fraction of sp³-hybridized carbons (Fsp3) is 0.0667. The Morgan fingerprint density at radius 2 is 2.10 bits per heavy atom. The molecule has 104 valence electrons. The molecule has 0 spiro atoms. The molecular weight excluding hydrogens is 300 g/mol. The van der Waals surface area contributed by atoms with Crippen molar-refractivity contribution in [2.45, 2.75) is 4.90 Å². The van der Waals surface area contributed by atoms with Gasteiger partial charge in [-0.25, -0.2) is 0 Å². The molecule has 0 atom stereocenters. The van der Waals surface area contributed by atoms with Gasteiger partial charge in [0.2, 0.25) is 0 Å². The average molecular weight is 312 g/mol. The van der Waals surface area contributed by atoms with Crippen LogP contribution in [0.4, 0.5) is 0 Å². The van der Waals surface area contributed by atoms with E-state index in [0.29, 0.717) is 0 Å². The van der Waals surface area contributed by atoms with Crippen molar-refractivity contribution >= 4 is 29.2 Å². The highest BCUT2D eigenvalue weighted by Crippen LogP contribution is 2.31. The Labute approximate surface area is 131 Å².